The van der Waals surface area contributed by atoms with Gasteiger partial charge in [-0.15, -0.1) is 0 Å². The number of nitrogens with one attached hydrogen (secondary N) is 1. The Hall–Kier alpha value is -2.80. The largest absolute Gasteiger partial charge is 0.497 e. The number of piperazine rings is 1. The van der Waals surface area contributed by atoms with Gasteiger partial charge in [0, 0.05) is 37.8 Å². The molecule has 3 rings (SSSR count). The van der Waals surface area contributed by atoms with Crippen LogP contribution in [0.2, 0.25) is 0 Å². The highest BCUT2D eigenvalue weighted by atomic mass is 19.1. The maximum absolute atomic E-state index is 14.0. The summed E-state index contributed by atoms with van der Waals surface area (Å²) in [5.74, 6) is 1.40. The number of benzene rings is 2. The molecule has 1 aliphatic rings. The van der Waals surface area contributed by atoms with E-state index in [1.165, 1.54) is 6.07 Å². The zero-order valence-corrected chi connectivity index (χ0v) is 17.3. The van der Waals surface area contributed by atoms with Crippen LogP contribution in [0, 0.1) is 5.82 Å². The van der Waals surface area contributed by atoms with Gasteiger partial charge in [-0.3, -0.25) is 4.79 Å². The van der Waals surface area contributed by atoms with Crippen molar-refractivity contribution >= 4 is 11.6 Å². The molecule has 0 aliphatic carbocycles. The van der Waals surface area contributed by atoms with Crippen molar-refractivity contribution in [2.24, 2.45) is 0 Å². The third-order valence-electron chi connectivity index (χ3n) is 5.26. The van der Waals surface area contributed by atoms with Crippen molar-refractivity contribution in [3.8, 4) is 11.5 Å². The van der Waals surface area contributed by atoms with Crippen LogP contribution in [0.25, 0.3) is 0 Å². The molecule has 1 amide bonds. The molecule has 0 saturated carbocycles. The first-order valence-corrected chi connectivity index (χ1v) is 9.81. The van der Waals surface area contributed by atoms with Gasteiger partial charge in [0.25, 0.3) is 5.91 Å². The van der Waals surface area contributed by atoms with E-state index in [-0.39, 0.29) is 11.7 Å². The molecule has 1 saturated heterocycles. The zero-order valence-electron chi connectivity index (χ0n) is 17.3. The quantitative estimate of drug-likeness (QED) is 0.756. The van der Waals surface area contributed by atoms with Crippen molar-refractivity contribution in [2.45, 2.75) is 6.54 Å². The summed E-state index contributed by atoms with van der Waals surface area (Å²) in [6, 6.07) is 12.5. The van der Waals surface area contributed by atoms with E-state index in [1.807, 2.05) is 41.1 Å². The normalized spacial score (nSPS) is 15.2. The second-order valence-corrected chi connectivity index (χ2v) is 7.31. The van der Waals surface area contributed by atoms with E-state index < -0.39 is 0 Å². The van der Waals surface area contributed by atoms with E-state index in [2.05, 4.69) is 0 Å². The second-order valence-electron chi connectivity index (χ2n) is 7.31. The Morgan fingerprint density at radius 3 is 2.45 bits per heavy atom. The van der Waals surface area contributed by atoms with Crippen molar-refractivity contribution in [1.29, 1.82) is 0 Å². The van der Waals surface area contributed by atoms with E-state index in [0.29, 0.717) is 45.0 Å². The molecule has 0 bridgehead atoms. The predicted octanol–water partition coefficient (Wildman–Crippen LogP) is 1.21. The van der Waals surface area contributed by atoms with Crippen LogP contribution in [-0.4, -0.2) is 64.8 Å². The molecule has 0 aromatic heterocycles. The lowest BCUT2D eigenvalue weighted by molar-refractivity contribution is -0.885. The van der Waals surface area contributed by atoms with Gasteiger partial charge in [-0.25, -0.2) is 4.39 Å². The number of amides is 1. The van der Waals surface area contributed by atoms with E-state index in [4.69, 9.17) is 9.47 Å². The summed E-state index contributed by atoms with van der Waals surface area (Å²) in [4.78, 5) is 17.7. The summed E-state index contributed by atoms with van der Waals surface area (Å²) in [7, 11) is 5.25. The number of rotatable bonds is 7. The number of nitrogens with zero attached hydrogens (tertiary/aromatic N) is 2. The molecular weight excluding hydrogens is 373 g/mol. The molecule has 29 heavy (non-hydrogen) atoms. The number of halogens is 1. The number of quaternary nitrogens is 1. The highest BCUT2D eigenvalue weighted by Gasteiger charge is 2.25. The lowest BCUT2D eigenvalue weighted by Crippen LogP contribution is -3.09. The Morgan fingerprint density at radius 2 is 1.79 bits per heavy atom. The number of carbonyl (C=O) groups is 1. The molecule has 1 N–H and O–H groups in total. The fourth-order valence-electron chi connectivity index (χ4n) is 3.66. The van der Waals surface area contributed by atoms with Crippen LogP contribution < -0.4 is 19.3 Å². The van der Waals surface area contributed by atoms with Crippen molar-refractivity contribution in [1.82, 2.24) is 4.90 Å². The number of carbonyl (C=O) groups excluding carboxylic acids is 1. The third-order valence-corrected chi connectivity index (χ3v) is 5.26. The summed E-state index contributed by atoms with van der Waals surface area (Å²) in [6.07, 6.45) is 0. The fourth-order valence-corrected chi connectivity index (χ4v) is 3.66. The van der Waals surface area contributed by atoms with Crippen LogP contribution in [0.5, 0.6) is 11.5 Å². The number of methoxy groups -OCH3 is 2. The van der Waals surface area contributed by atoms with Crippen LogP contribution in [0.3, 0.4) is 0 Å². The number of ether oxygens (including phenoxy) is 2. The maximum atomic E-state index is 14.0. The summed E-state index contributed by atoms with van der Waals surface area (Å²) in [5, 5.41) is 0. The number of hydrogen-bond acceptors (Lipinski definition) is 4. The molecule has 2 aromatic carbocycles. The van der Waals surface area contributed by atoms with Gasteiger partial charge in [0.2, 0.25) is 0 Å². The van der Waals surface area contributed by atoms with Crippen LogP contribution in [0.1, 0.15) is 5.56 Å². The lowest BCUT2D eigenvalue weighted by Gasteiger charge is -2.36. The van der Waals surface area contributed by atoms with Crippen molar-refractivity contribution in [3.63, 3.8) is 0 Å². The van der Waals surface area contributed by atoms with Gasteiger partial charge >= 0.3 is 0 Å². The van der Waals surface area contributed by atoms with Gasteiger partial charge in [0.05, 0.1) is 27.0 Å². The summed E-state index contributed by atoms with van der Waals surface area (Å²) >= 11 is 0. The number of anilines is 1. The molecule has 1 fully saturated rings. The average molecular weight is 402 g/mol. The molecule has 2 aromatic rings. The summed E-state index contributed by atoms with van der Waals surface area (Å²) in [5.41, 5.74) is 1.64. The standard InChI is InChI=1S/C22H28FN3O3/c1-24(15-17-8-9-18(28-2)14-21(17)29-3)16-22(27)26-12-10-25(11-13-26)20-7-5-4-6-19(20)23/h4-9,14H,10-13,15-16H2,1-3H3/p+1. The van der Waals surface area contributed by atoms with Crippen molar-refractivity contribution in [3.05, 3.63) is 53.8 Å². The molecule has 0 spiro atoms. The molecule has 1 atom stereocenters. The molecule has 1 aliphatic heterocycles. The summed E-state index contributed by atoms with van der Waals surface area (Å²) < 4.78 is 24.7. The van der Waals surface area contributed by atoms with Gasteiger partial charge < -0.3 is 24.2 Å². The van der Waals surface area contributed by atoms with Gasteiger partial charge in [-0.05, 0) is 24.3 Å². The number of hydrogen-bond donors (Lipinski definition) is 1. The molecule has 1 unspecified atom stereocenters. The maximum Gasteiger partial charge on any atom is 0.277 e. The molecule has 7 heteroatoms. The first-order valence-electron chi connectivity index (χ1n) is 9.81. The average Bonchev–Trinajstić information content (AvgIpc) is 2.74. The third kappa shape index (κ3) is 5.17. The first kappa shape index (κ1) is 20.9. The SMILES string of the molecule is COc1ccc(C[NH+](C)CC(=O)N2CCN(c3ccccc3F)CC2)c(OC)c1. The first-order chi connectivity index (χ1) is 14.0. The molecule has 1 heterocycles. The number of likely N-dealkylation sites (N-methyl/N-ethyl adjacent to an activating group) is 1. The molecule has 6 nitrogen and oxygen atoms in total. The summed E-state index contributed by atoms with van der Waals surface area (Å²) in [6.45, 7) is 3.55. The highest BCUT2D eigenvalue weighted by Crippen LogP contribution is 2.24. The Balaban J connectivity index is 1.53. The van der Waals surface area contributed by atoms with Gasteiger partial charge in [-0.2, -0.15) is 0 Å². The Labute approximate surface area is 171 Å². The van der Waals surface area contributed by atoms with Crippen LogP contribution in [0.4, 0.5) is 10.1 Å². The van der Waals surface area contributed by atoms with Gasteiger partial charge in [-0.1, -0.05) is 12.1 Å². The topological polar surface area (TPSA) is 46.5 Å². The van der Waals surface area contributed by atoms with Crippen molar-refractivity contribution in [2.75, 3.05) is 58.9 Å². The lowest BCUT2D eigenvalue weighted by atomic mass is 10.1. The van der Waals surface area contributed by atoms with E-state index in [1.54, 1.807) is 26.4 Å². The smallest absolute Gasteiger partial charge is 0.277 e. The number of para-hydroxylation sites is 1. The van der Waals surface area contributed by atoms with Gasteiger partial charge in [0.15, 0.2) is 6.54 Å². The Kier molecular flexibility index (Phi) is 6.93. The van der Waals surface area contributed by atoms with Gasteiger partial charge in [0.1, 0.15) is 23.9 Å². The minimum absolute atomic E-state index is 0.114. The zero-order chi connectivity index (χ0) is 20.8. The van der Waals surface area contributed by atoms with Crippen LogP contribution in [-0.2, 0) is 11.3 Å². The monoisotopic (exact) mass is 402 g/mol. The minimum atomic E-state index is -0.218. The predicted molar refractivity (Wildman–Crippen MR) is 110 cm³/mol. The van der Waals surface area contributed by atoms with Crippen molar-refractivity contribution < 1.29 is 23.6 Å². The highest BCUT2D eigenvalue weighted by molar-refractivity contribution is 5.77. The van der Waals surface area contributed by atoms with E-state index in [0.717, 1.165) is 22.0 Å². The Morgan fingerprint density at radius 1 is 1.07 bits per heavy atom. The molecular formula is C22H29FN3O3+. The fraction of sp³-hybridized carbons (Fsp3) is 0.409. The second kappa shape index (κ2) is 9.60. The van der Waals surface area contributed by atoms with E-state index in [9.17, 15) is 9.18 Å². The van der Waals surface area contributed by atoms with Crippen LogP contribution >= 0.6 is 0 Å². The molecule has 0 radical (unpaired) electrons. The molecule has 156 valence electrons. The Bertz CT molecular complexity index is 838. The van der Waals surface area contributed by atoms with Crippen LogP contribution in [0.15, 0.2) is 42.5 Å². The minimum Gasteiger partial charge on any atom is -0.497 e. The van der Waals surface area contributed by atoms with E-state index >= 15 is 0 Å².